The molecule has 0 bridgehead atoms. The van der Waals surface area contributed by atoms with Crippen LogP contribution in [0.3, 0.4) is 0 Å². The Morgan fingerprint density at radius 2 is 1.67 bits per heavy atom. The van der Waals surface area contributed by atoms with E-state index in [0.29, 0.717) is 10.0 Å². The van der Waals surface area contributed by atoms with E-state index in [1.165, 1.54) is 0 Å². The summed E-state index contributed by atoms with van der Waals surface area (Å²) in [6, 6.07) is 10.2. The molecule has 1 atom stereocenters. The molecule has 2 rings (SSSR count). The lowest BCUT2D eigenvalue weighted by atomic mass is 9.99. The zero-order valence-corrected chi connectivity index (χ0v) is 13.1. The Balaban J connectivity index is 2.43. The molecule has 18 heavy (non-hydrogen) atoms. The molecule has 0 aromatic heterocycles. The van der Waals surface area contributed by atoms with E-state index >= 15 is 0 Å². The first kappa shape index (κ1) is 14.0. The first-order valence-corrected chi connectivity index (χ1v) is 7.11. The maximum Gasteiger partial charge on any atom is 0.148 e. The van der Waals surface area contributed by atoms with Crippen molar-refractivity contribution in [2.24, 2.45) is 5.73 Å². The fourth-order valence-electron chi connectivity index (χ4n) is 1.63. The highest BCUT2D eigenvalue weighted by atomic mass is 79.9. The van der Waals surface area contributed by atoms with Gasteiger partial charge in [-0.15, -0.1) is 0 Å². The molecule has 0 aliphatic heterocycles. The van der Waals surface area contributed by atoms with Gasteiger partial charge in [-0.05, 0) is 39.7 Å². The van der Waals surface area contributed by atoms with Gasteiger partial charge in [-0.1, -0.05) is 45.7 Å². The summed E-state index contributed by atoms with van der Waals surface area (Å²) in [5, 5.41) is 0.0556. The highest BCUT2D eigenvalue weighted by molar-refractivity contribution is 9.10. The molecule has 0 aliphatic rings. The van der Waals surface area contributed by atoms with E-state index in [1.807, 2.05) is 24.3 Å². The fourth-order valence-corrected chi connectivity index (χ4v) is 2.37. The van der Waals surface area contributed by atoms with E-state index in [4.69, 9.17) is 17.3 Å². The summed E-state index contributed by atoms with van der Waals surface area (Å²) >= 11 is 12.4. The molecule has 94 valence electrons. The third kappa shape index (κ3) is 2.77. The van der Waals surface area contributed by atoms with Gasteiger partial charge in [0.15, 0.2) is 0 Å². The van der Waals surface area contributed by atoms with Crippen molar-refractivity contribution in [2.75, 3.05) is 0 Å². The van der Waals surface area contributed by atoms with Gasteiger partial charge in [0.1, 0.15) is 5.82 Å². The van der Waals surface area contributed by atoms with Crippen molar-refractivity contribution < 1.29 is 4.39 Å². The van der Waals surface area contributed by atoms with Crippen LogP contribution < -0.4 is 5.73 Å². The summed E-state index contributed by atoms with van der Waals surface area (Å²) in [5.41, 5.74) is 7.27. The monoisotopic (exact) mass is 391 g/mol. The summed E-state index contributed by atoms with van der Waals surface area (Å²) in [7, 11) is 0. The summed E-state index contributed by atoms with van der Waals surface area (Å²) in [4.78, 5) is 0. The van der Waals surface area contributed by atoms with Crippen LogP contribution in [0.15, 0.2) is 45.3 Å². The standard InChI is InChI=1S/C13H9Br2ClFN/c14-8-3-1-7(2-4-8)13(18)9-5-6-10(15)11(16)12(9)17/h1-6,13H,18H2. The van der Waals surface area contributed by atoms with Crippen molar-refractivity contribution in [3.63, 3.8) is 0 Å². The average Bonchev–Trinajstić information content (AvgIpc) is 2.36. The van der Waals surface area contributed by atoms with Crippen LogP contribution in [-0.4, -0.2) is 0 Å². The summed E-state index contributed by atoms with van der Waals surface area (Å²) < 4.78 is 15.5. The Hall–Kier alpha value is -0.420. The predicted molar refractivity (Wildman–Crippen MR) is 79.3 cm³/mol. The Morgan fingerprint density at radius 1 is 1.06 bits per heavy atom. The molecule has 1 unspecified atom stereocenters. The minimum Gasteiger partial charge on any atom is -0.320 e. The van der Waals surface area contributed by atoms with E-state index < -0.39 is 11.9 Å². The molecular weight excluding hydrogens is 384 g/mol. The molecule has 1 nitrogen and oxygen atoms in total. The second kappa shape index (κ2) is 5.70. The maximum atomic E-state index is 14.0. The number of halogens is 4. The van der Waals surface area contributed by atoms with Gasteiger partial charge in [0.2, 0.25) is 0 Å². The van der Waals surface area contributed by atoms with Gasteiger partial charge < -0.3 is 5.73 Å². The van der Waals surface area contributed by atoms with Crippen LogP contribution in [0.1, 0.15) is 17.2 Å². The lowest BCUT2D eigenvalue weighted by molar-refractivity contribution is 0.599. The SMILES string of the molecule is NC(c1ccc(Br)cc1)c1ccc(Br)c(Cl)c1F. The second-order valence-corrected chi connectivity index (χ2v) is 5.94. The molecule has 0 saturated carbocycles. The third-order valence-corrected chi connectivity index (χ3v) is 4.42. The van der Waals surface area contributed by atoms with E-state index in [-0.39, 0.29) is 5.02 Å². The van der Waals surface area contributed by atoms with Crippen molar-refractivity contribution in [3.8, 4) is 0 Å². The van der Waals surface area contributed by atoms with Gasteiger partial charge in [-0.3, -0.25) is 0 Å². The lowest BCUT2D eigenvalue weighted by Gasteiger charge is -2.14. The highest BCUT2D eigenvalue weighted by Gasteiger charge is 2.17. The van der Waals surface area contributed by atoms with Gasteiger partial charge in [-0.25, -0.2) is 4.39 Å². The van der Waals surface area contributed by atoms with Crippen LogP contribution >= 0.6 is 43.5 Å². The maximum absolute atomic E-state index is 14.0. The molecular formula is C13H9Br2ClFN. The van der Waals surface area contributed by atoms with Crippen molar-refractivity contribution in [1.82, 2.24) is 0 Å². The van der Waals surface area contributed by atoms with Crippen LogP contribution in [0.25, 0.3) is 0 Å². The lowest BCUT2D eigenvalue weighted by Crippen LogP contribution is -2.13. The first-order valence-electron chi connectivity index (χ1n) is 5.15. The van der Waals surface area contributed by atoms with E-state index in [0.717, 1.165) is 10.0 Å². The Labute approximate surface area is 126 Å². The van der Waals surface area contributed by atoms with Gasteiger partial charge in [-0.2, -0.15) is 0 Å². The van der Waals surface area contributed by atoms with Crippen molar-refractivity contribution in [1.29, 1.82) is 0 Å². The first-order chi connectivity index (χ1) is 8.50. The van der Waals surface area contributed by atoms with Gasteiger partial charge in [0.05, 0.1) is 11.1 Å². The topological polar surface area (TPSA) is 26.0 Å². The normalized spacial score (nSPS) is 12.5. The zero-order valence-electron chi connectivity index (χ0n) is 9.13. The quantitative estimate of drug-likeness (QED) is 0.710. The molecule has 0 aliphatic carbocycles. The van der Waals surface area contributed by atoms with Crippen molar-refractivity contribution >= 4 is 43.5 Å². The number of nitrogens with two attached hydrogens (primary N) is 1. The zero-order chi connectivity index (χ0) is 13.3. The molecule has 0 radical (unpaired) electrons. The number of hydrogen-bond acceptors (Lipinski definition) is 1. The van der Waals surface area contributed by atoms with Crippen LogP contribution in [0.4, 0.5) is 4.39 Å². The predicted octanol–water partition coefficient (Wildman–Crippen LogP) is 5.05. The Bertz CT molecular complexity index is 572. The molecule has 2 aromatic carbocycles. The molecule has 2 N–H and O–H groups in total. The van der Waals surface area contributed by atoms with Crippen LogP contribution in [-0.2, 0) is 0 Å². The molecule has 0 spiro atoms. The number of rotatable bonds is 2. The van der Waals surface area contributed by atoms with Crippen LogP contribution in [0.2, 0.25) is 5.02 Å². The van der Waals surface area contributed by atoms with Crippen LogP contribution in [0.5, 0.6) is 0 Å². The van der Waals surface area contributed by atoms with Crippen LogP contribution in [0, 0.1) is 5.82 Å². The third-order valence-electron chi connectivity index (χ3n) is 2.63. The minimum atomic E-state index is -0.538. The van der Waals surface area contributed by atoms with E-state index in [2.05, 4.69) is 31.9 Å². The average molecular weight is 393 g/mol. The smallest absolute Gasteiger partial charge is 0.148 e. The van der Waals surface area contributed by atoms with Gasteiger partial charge in [0.25, 0.3) is 0 Å². The van der Waals surface area contributed by atoms with Crippen molar-refractivity contribution in [3.05, 3.63) is 67.3 Å². The molecule has 0 amide bonds. The van der Waals surface area contributed by atoms with E-state index in [1.54, 1.807) is 12.1 Å². The molecule has 0 saturated heterocycles. The molecule has 5 heteroatoms. The largest absolute Gasteiger partial charge is 0.320 e. The molecule has 2 aromatic rings. The van der Waals surface area contributed by atoms with E-state index in [9.17, 15) is 4.39 Å². The summed E-state index contributed by atoms with van der Waals surface area (Å²) in [6.45, 7) is 0. The highest BCUT2D eigenvalue weighted by Crippen LogP contribution is 2.32. The molecule has 0 heterocycles. The molecule has 0 fully saturated rings. The minimum absolute atomic E-state index is 0.0556. The van der Waals surface area contributed by atoms with Gasteiger partial charge in [0, 0.05) is 14.5 Å². The second-order valence-electron chi connectivity index (χ2n) is 3.79. The number of benzene rings is 2. The summed E-state index contributed by atoms with van der Waals surface area (Å²) in [6.07, 6.45) is 0. The Kier molecular flexibility index (Phi) is 4.43. The Morgan fingerprint density at radius 3 is 2.28 bits per heavy atom. The fraction of sp³-hybridized carbons (Fsp3) is 0.0769. The summed E-state index contributed by atoms with van der Waals surface area (Å²) in [5.74, 6) is -0.485. The number of hydrogen-bond donors (Lipinski definition) is 1. The van der Waals surface area contributed by atoms with Crippen molar-refractivity contribution in [2.45, 2.75) is 6.04 Å². The van der Waals surface area contributed by atoms with Gasteiger partial charge >= 0.3 is 0 Å².